The first kappa shape index (κ1) is 13.7. The van der Waals surface area contributed by atoms with Crippen molar-refractivity contribution in [3.63, 3.8) is 0 Å². The Morgan fingerprint density at radius 3 is 2.12 bits per heavy atom. The fourth-order valence-electron chi connectivity index (χ4n) is 3.80. The van der Waals surface area contributed by atoms with Crippen molar-refractivity contribution in [3.05, 3.63) is 0 Å². The van der Waals surface area contributed by atoms with E-state index in [9.17, 15) is 0 Å². The Morgan fingerprint density at radius 2 is 1.65 bits per heavy atom. The summed E-state index contributed by atoms with van der Waals surface area (Å²) in [6.45, 7) is 5.53. The summed E-state index contributed by atoms with van der Waals surface area (Å²) in [6.07, 6.45) is 11.7. The van der Waals surface area contributed by atoms with Crippen molar-refractivity contribution in [1.82, 2.24) is 0 Å². The van der Waals surface area contributed by atoms with Crippen LogP contribution in [-0.4, -0.2) is 17.0 Å². The highest BCUT2D eigenvalue weighted by molar-refractivity contribution is 8.00. The average Bonchev–Trinajstić information content (AvgIpc) is 2.49. The number of nitrogens with two attached hydrogens (primary N) is 1. The van der Waals surface area contributed by atoms with Gasteiger partial charge in [-0.3, -0.25) is 0 Å². The van der Waals surface area contributed by atoms with Gasteiger partial charge in [0.1, 0.15) is 0 Å². The topological polar surface area (TPSA) is 26.0 Å². The van der Waals surface area contributed by atoms with Crippen LogP contribution >= 0.6 is 11.8 Å². The van der Waals surface area contributed by atoms with Gasteiger partial charge in [0.2, 0.25) is 0 Å². The molecule has 17 heavy (non-hydrogen) atoms. The first-order valence-electron chi connectivity index (χ1n) is 7.44. The predicted molar refractivity (Wildman–Crippen MR) is 78.5 cm³/mol. The molecule has 2 saturated carbocycles. The van der Waals surface area contributed by atoms with Gasteiger partial charge in [-0.05, 0) is 42.8 Å². The first-order valence-corrected chi connectivity index (χ1v) is 8.42. The van der Waals surface area contributed by atoms with Crippen molar-refractivity contribution in [2.24, 2.45) is 17.1 Å². The lowest BCUT2D eigenvalue weighted by atomic mass is 9.58. The molecule has 2 heteroatoms. The molecule has 0 unspecified atom stereocenters. The van der Waals surface area contributed by atoms with Crippen molar-refractivity contribution >= 4 is 11.8 Å². The van der Waals surface area contributed by atoms with Gasteiger partial charge in [0, 0.05) is 11.3 Å². The second kappa shape index (κ2) is 5.52. The maximum absolute atomic E-state index is 6.06. The molecule has 0 atom stereocenters. The standard InChI is InChI=1S/C15H29NS/c1-13(2)9-17-15(12-16)10-14(11-15)7-5-3-4-6-8-14/h13H,3-12,16H2,1-2H3. The highest BCUT2D eigenvalue weighted by Crippen LogP contribution is 2.60. The van der Waals surface area contributed by atoms with Gasteiger partial charge < -0.3 is 5.73 Å². The second-order valence-corrected chi connectivity index (χ2v) is 8.35. The Kier molecular flexibility index (Phi) is 4.46. The van der Waals surface area contributed by atoms with Crippen LogP contribution in [0, 0.1) is 11.3 Å². The molecule has 1 nitrogen and oxygen atoms in total. The Bertz CT molecular complexity index is 233. The van der Waals surface area contributed by atoms with Crippen molar-refractivity contribution in [2.45, 2.75) is 70.0 Å². The van der Waals surface area contributed by atoms with Gasteiger partial charge in [-0.25, -0.2) is 0 Å². The summed E-state index contributed by atoms with van der Waals surface area (Å²) < 4.78 is 0.453. The van der Waals surface area contributed by atoms with E-state index in [-0.39, 0.29) is 0 Å². The molecule has 2 aliphatic carbocycles. The van der Waals surface area contributed by atoms with E-state index in [0.29, 0.717) is 10.2 Å². The van der Waals surface area contributed by atoms with Crippen molar-refractivity contribution in [3.8, 4) is 0 Å². The van der Waals surface area contributed by atoms with Gasteiger partial charge in [-0.2, -0.15) is 11.8 Å². The minimum Gasteiger partial charge on any atom is -0.329 e. The highest BCUT2D eigenvalue weighted by atomic mass is 32.2. The molecule has 0 aliphatic heterocycles. The van der Waals surface area contributed by atoms with E-state index in [1.807, 2.05) is 0 Å². The van der Waals surface area contributed by atoms with Crippen molar-refractivity contribution in [1.29, 1.82) is 0 Å². The normalized spacial score (nSPS) is 26.8. The molecular formula is C15H29NS. The maximum Gasteiger partial charge on any atom is 0.0292 e. The van der Waals surface area contributed by atoms with E-state index in [0.717, 1.165) is 12.5 Å². The van der Waals surface area contributed by atoms with Crippen LogP contribution in [0.5, 0.6) is 0 Å². The van der Waals surface area contributed by atoms with E-state index in [4.69, 9.17) is 5.73 Å². The quantitative estimate of drug-likeness (QED) is 0.814. The largest absolute Gasteiger partial charge is 0.329 e. The second-order valence-electron chi connectivity index (χ2n) is 6.86. The first-order chi connectivity index (χ1) is 8.10. The van der Waals surface area contributed by atoms with E-state index in [1.54, 1.807) is 0 Å². The van der Waals surface area contributed by atoms with Crippen molar-refractivity contribution < 1.29 is 0 Å². The molecule has 0 bridgehead atoms. The fraction of sp³-hybridized carbons (Fsp3) is 1.00. The van der Waals surface area contributed by atoms with E-state index >= 15 is 0 Å². The molecule has 0 radical (unpaired) electrons. The minimum atomic E-state index is 0.453. The summed E-state index contributed by atoms with van der Waals surface area (Å²) in [5.74, 6) is 2.09. The molecule has 100 valence electrons. The lowest BCUT2D eigenvalue weighted by Crippen LogP contribution is -2.54. The van der Waals surface area contributed by atoms with Gasteiger partial charge in [0.05, 0.1) is 0 Å². The number of thioether (sulfide) groups is 1. The maximum atomic E-state index is 6.06. The molecule has 2 fully saturated rings. The third-order valence-corrected chi connectivity index (χ3v) is 6.55. The lowest BCUT2D eigenvalue weighted by molar-refractivity contribution is 0.0658. The Morgan fingerprint density at radius 1 is 1.06 bits per heavy atom. The zero-order valence-electron chi connectivity index (χ0n) is 11.6. The summed E-state index contributed by atoms with van der Waals surface area (Å²) >= 11 is 2.17. The van der Waals surface area contributed by atoms with Gasteiger partial charge >= 0.3 is 0 Å². The van der Waals surface area contributed by atoms with Crippen LogP contribution < -0.4 is 5.73 Å². The summed E-state index contributed by atoms with van der Waals surface area (Å²) in [5, 5.41) is 0. The Labute approximate surface area is 111 Å². The molecule has 0 aromatic carbocycles. The zero-order valence-corrected chi connectivity index (χ0v) is 12.5. The molecule has 0 heterocycles. The van der Waals surface area contributed by atoms with E-state index in [1.165, 1.54) is 57.1 Å². The zero-order chi connectivity index (χ0) is 12.4. The molecule has 0 amide bonds. The van der Waals surface area contributed by atoms with Crippen molar-refractivity contribution in [2.75, 3.05) is 12.3 Å². The van der Waals surface area contributed by atoms with Gasteiger partial charge in [0.25, 0.3) is 0 Å². The van der Waals surface area contributed by atoms with Gasteiger partial charge in [0.15, 0.2) is 0 Å². The molecule has 0 aromatic rings. The molecule has 2 aliphatic rings. The number of hydrogen-bond donors (Lipinski definition) is 1. The van der Waals surface area contributed by atoms with Crippen LogP contribution in [0.3, 0.4) is 0 Å². The number of rotatable bonds is 4. The molecule has 0 aromatic heterocycles. The predicted octanol–water partition coefficient (Wildman–Crippen LogP) is 4.21. The average molecular weight is 255 g/mol. The van der Waals surface area contributed by atoms with Crippen LogP contribution in [-0.2, 0) is 0 Å². The Hall–Kier alpha value is 0.310. The fourth-order valence-corrected chi connectivity index (χ4v) is 5.42. The SMILES string of the molecule is CC(C)CSC1(CN)CC2(CCCCCC2)C1. The summed E-state index contributed by atoms with van der Waals surface area (Å²) in [7, 11) is 0. The molecule has 2 rings (SSSR count). The summed E-state index contributed by atoms with van der Waals surface area (Å²) in [4.78, 5) is 0. The van der Waals surface area contributed by atoms with Gasteiger partial charge in [-0.15, -0.1) is 0 Å². The van der Waals surface area contributed by atoms with Crippen LogP contribution in [0.25, 0.3) is 0 Å². The minimum absolute atomic E-state index is 0.453. The Balaban J connectivity index is 1.88. The molecular weight excluding hydrogens is 226 g/mol. The van der Waals surface area contributed by atoms with Crippen LogP contribution in [0.15, 0.2) is 0 Å². The molecule has 1 spiro atoms. The third-order valence-electron chi connectivity index (χ3n) is 4.65. The summed E-state index contributed by atoms with van der Waals surface area (Å²) in [6, 6.07) is 0. The van der Waals surface area contributed by atoms with Crippen LogP contribution in [0.4, 0.5) is 0 Å². The molecule has 0 saturated heterocycles. The number of hydrogen-bond acceptors (Lipinski definition) is 2. The third kappa shape index (κ3) is 3.20. The summed E-state index contributed by atoms with van der Waals surface area (Å²) in [5.41, 5.74) is 6.77. The van der Waals surface area contributed by atoms with Crippen LogP contribution in [0.1, 0.15) is 65.2 Å². The highest BCUT2D eigenvalue weighted by Gasteiger charge is 2.53. The lowest BCUT2D eigenvalue weighted by Gasteiger charge is -2.56. The van der Waals surface area contributed by atoms with E-state index < -0.39 is 0 Å². The van der Waals surface area contributed by atoms with Crippen LogP contribution in [0.2, 0.25) is 0 Å². The van der Waals surface area contributed by atoms with Gasteiger partial charge in [-0.1, -0.05) is 39.5 Å². The monoisotopic (exact) mass is 255 g/mol. The molecule has 2 N–H and O–H groups in total. The smallest absolute Gasteiger partial charge is 0.0292 e. The van der Waals surface area contributed by atoms with E-state index in [2.05, 4.69) is 25.6 Å².